The molecule has 1 aromatic carbocycles. The highest BCUT2D eigenvalue weighted by Crippen LogP contribution is 2.34. The predicted molar refractivity (Wildman–Crippen MR) is 104 cm³/mol. The van der Waals surface area contributed by atoms with Crippen molar-refractivity contribution in [2.45, 2.75) is 0 Å². The first-order valence-electron chi connectivity index (χ1n) is 8.20. The lowest BCUT2D eigenvalue weighted by Crippen LogP contribution is -1.98. The van der Waals surface area contributed by atoms with E-state index >= 15 is 0 Å². The molecule has 0 bridgehead atoms. The lowest BCUT2D eigenvalue weighted by molar-refractivity contribution is 0.415. The van der Waals surface area contributed by atoms with E-state index in [1.54, 1.807) is 31.6 Å². The summed E-state index contributed by atoms with van der Waals surface area (Å²) in [6.07, 6.45) is 3.25. The summed E-state index contributed by atoms with van der Waals surface area (Å²) in [5.74, 6) is 1.67. The molecule has 0 atom stereocenters. The normalized spacial score (nSPS) is 10.7. The molecular formula is C19H17N7O. The van der Waals surface area contributed by atoms with Gasteiger partial charge in [0.2, 0.25) is 5.95 Å². The Morgan fingerprint density at radius 2 is 1.78 bits per heavy atom. The minimum atomic E-state index is 0.183. The molecule has 5 N–H and O–H groups in total. The smallest absolute Gasteiger partial charge is 0.220 e. The van der Waals surface area contributed by atoms with Gasteiger partial charge in [0, 0.05) is 23.5 Å². The number of methoxy groups -OCH3 is 1. The van der Waals surface area contributed by atoms with E-state index in [1.807, 2.05) is 30.3 Å². The largest absolute Gasteiger partial charge is 0.493 e. The molecule has 3 heterocycles. The maximum absolute atomic E-state index is 5.84. The quantitative estimate of drug-likeness (QED) is 0.511. The average molecular weight is 359 g/mol. The minimum Gasteiger partial charge on any atom is -0.493 e. The first kappa shape index (κ1) is 16.5. The van der Waals surface area contributed by atoms with Crippen LogP contribution in [0.25, 0.3) is 34.0 Å². The molecule has 3 aromatic heterocycles. The molecular weight excluding hydrogens is 342 g/mol. The Hall–Kier alpha value is -3.94. The number of nitrogens with two attached hydrogens (primary N) is 2. The lowest BCUT2D eigenvalue weighted by Gasteiger charge is -2.06. The summed E-state index contributed by atoms with van der Waals surface area (Å²) < 4.78 is 5.29. The number of hydrogen-bond acceptors (Lipinski definition) is 7. The van der Waals surface area contributed by atoms with Gasteiger partial charge in [-0.05, 0) is 12.1 Å². The monoisotopic (exact) mass is 359 g/mol. The Labute approximate surface area is 155 Å². The van der Waals surface area contributed by atoms with Crippen LogP contribution in [0.3, 0.4) is 0 Å². The molecule has 0 radical (unpaired) electrons. The second-order valence-corrected chi connectivity index (χ2v) is 5.79. The van der Waals surface area contributed by atoms with Crippen LogP contribution >= 0.6 is 0 Å². The van der Waals surface area contributed by atoms with Crippen molar-refractivity contribution in [3.05, 3.63) is 54.9 Å². The fourth-order valence-corrected chi connectivity index (χ4v) is 2.76. The molecule has 0 amide bonds. The summed E-state index contributed by atoms with van der Waals surface area (Å²) in [7, 11) is 1.54. The fourth-order valence-electron chi connectivity index (χ4n) is 2.76. The highest BCUT2D eigenvalue weighted by molar-refractivity contribution is 5.80. The Balaban J connectivity index is 1.92. The number of rotatable bonds is 4. The Morgan fingerprint density at radius 3 is 2.52 bits per heavy atom. The molecule has 0 fully saturated rings. The van der Waals surface area contributed by atoms with Crippen LogP contribution in [0, 0.1) is 0 Å². The lowest BCUT2D eigenvalue weighted by atomic mass is 10.1. The number of anilines is 2. The maximum Gasteiger partial charge on any atom is 0.220 e. The van der Waals surface area contributed by atoms with E-state index in [1.165, 1.54) is 0 Å². The van der Waals surface area contributed by atoms with Crippen LogP contribution in [0.1, 0.15) is 0 Å². The van der Waals surface area contributed by atoms with E-state index < -0.39 is 0 Å². The Bertz CT molecular complexity index is 1090. The Morgan fingerprint density at radius 1 is 0.963 bits per heavy atom. The van der Waals surface area contributed by atoms with Gasteiger partial charge in [-0.2, -0.15) is 0 Å². The van der Waals surface area contributed by atoms with E-state index in [0.29, 0.717) is 34.5 Å². The van der Waals surface area contributed by atoms with Crippen LogP contribution in [0.15, 0.2) is 54.9 Å². The van der Waals surface area contributed by atoms with Gasteiger partial charge in [-0.1, -0.05) is 30.3 Å². The maximum atomic E-state index is 5.84. The summed E-state index contributed by atoms with van der Waals surface area (Å²) in [5.41, 5.74) is 15.3. The third-order valence-electron chi connectivity index (χ3n) is 4.06. The summed E-state index contributed by atoms with van der Waals surface area (Å²) in [6, 6.07) is 13.4. The minimum absolute atomic E-state index is 0.183. The number of hydrogen-bond donors (Lipinski definition) is 3. The van der Waals surface area contributed by atoms with E-state index in [2.05, 4.69) is 19.9 Å². The van der Waals surface area contributed by atoms with Crippen molar-refractivity contribution in [3.8, 4) is 39.8 Å². The number of imidazole rings is 1. The van der Waals surface area contributed by atoms with Gasteiger partial charge in [0.1, 0.15) is 11.5 Å². The van der Waals surface area contributed by atoms with Crippen LogP contribution < -0.4 is 16.2 Å². The number of nitrogens with one attached hydrogen (secondary N) is 1. The number of nitrogens with zero attached hydrogens (tertiary/aromatic N) is 4. The molecule has 0 saturated carbocycles. The average Bonchev–Trinajstić information content (AvgIpc) is 3.14. The number of aromatic nitrogens is 5. The topological polar surface area (TPSA) is 129 Å². The van der Waals surface area contributed by atoms with Crippen molar-refractivity contribution in [2.75, 3.05) is 18.6 Å². The molecule has 134 valence electrons. The highest BCUT2D eigenvalue weighted by Gasteiger charge is 2.18. The number of nitrogen functional groups attached to an aromatic ring is 2. The standard InChI is InChI=1S/C19H17N7O/c1-27-14-9-12(10-23-17(14)20)15-16(13-7-8-22-19(21)24-13)26-18(25-15)11-5-3-2-4-6-11/h2-10H,1H3,(H2,20,23)(H,25,26)(H2,21,22,24). The van der Waals surface area contributed by atoms with E-state index in [-0.39, 0.29) is 5.95 Å². The summed E-state index contributed by atoms with van der Waals surface area (Å²) in [5, 5.41) is 0. The molecule has 4 aromatic rings. The summed E-state index contributed by atoms with van der Waals surface area (Å²) >= 11 is 0. The van der Waals surface area contributed by atoms with Crippen LogP contribution in [0.5, 0.6) is 5.75 Å². The highest BCUT2D eigenvalue weighted by atomic mass is 16.5. The molecule has 8 nitrogen and oxygen atoms in total. The van der Waals surface area contributed by atoms with Gasteiger partial charge in [0.05, 0.1) is 18.5 Å². The second kappa shape index (κ2) is 6.75. The molecule has 27 heavy (non-hydrogen) atoms. The number of H-pyrrole nitrogens is 1. The van der Waals surface area contributed by atoms with Crippen molar-refractivity contribution >= 4 is 11.8 Å². The van der Waals surface area contributed by atoms with Gasteiger partial charge in [-0.3, -0.25) is 0 Å². The number of ether oxygens (including phenoxy) is 1. The van der Waals surface area contributed by atoms with E-state index in [4.69, 9.17) is 21.2 Å². The fraction of sp³-hybridized carbons (Fsp3) is 0.0526. The zero-order chi connectivity index (χ0) is 18.8. The van der Waals surface area contributed by atoms with Crippen molar-refractivity contribution in [2.24, 2.45) is 0 Å². The number of benzene rings is 1. The third kappa shape index (κ3) is 3.15. The van der Waals surface area contributed by atoms with E-state index in [9.17, 15) is 0 Å². The molecule has 8 heteroatoms. The second-order valence-electron chi connectivity index (χ2n) is 5.79. The Kier molecular flexibility index (Phi) is 4.13. The van der Waals surface area contributed by atoms with Gasteiger partial charge in [0.25, 0.3) is 0 Å². The molecule has 0 saturated heterocycles. The van der Waals surface area contributed by atoms with Crippen LogP contribution in [0.4, 0.5) is 11.8 Å². The summed E-state index contributed by atoms with van der Waals surface area (Å²) in [4.78, 5) is 20.6. The van der Waals surface area contributed by atoms with Crippen LogP contribution in [-0.4, -0.2) is 32.0 Å². The van der Waals surface area contributed by atoms with Crippen LogP contribution in [-0.2, 0) is 0 Å². The predicted octanol–water partition coefficient (Wildman–Crippen LogP) is 2.77. The van der Waals surface area contributed by atoms with Crippen LogP contribution in [0.2, 0.25) is 0 Å². The summed E-state index contributed by atoms with van der Waals surface area (Å²) in [6.45, 7) is 0. The molecule has 0 aliphatic carbocycles. The van der Waals surface area contributed by atoms with Crippen molar-refractivity contribution in [1.82, 2.24) is 24.9 Å². The molecule has 0 aliphatic rings. The molecule has 0 spiro atoms. The molecule has 0 aliphatic heterocycles. The zero-order valence-corrected chi connectivity index (χ0v) is 14.5. The van der Waals surface area contributed by atoms with Crippen molar-refractivity contribution < 1.29 is 4.74 Å². The van der Waals surface area contributed by atoms with Gasteiger partial charge < -0.3 is 21.2 Å². The SMILES string of the molecule is COc1cc(-c2nc(-c3ccccc3)[nH]c2-c2ccnc(N)n2)cnc1N. The van der Waals surface area contributed by atoms with Gasteiger partial charge in [0.15, 0.2) is 11.6 Å². The first-order valence-corrected chi connectivity index (χ1v) is 8.20. The van der Waals surface area contributed by atoms with Crippen molar-refractivity contribution in [3.63, 3.8) is 0 Å². The van der Waals surface area contributed by atoms with Crippen molar-refractivity contribution in [1.29, 1.82) is 0 Å². The van der Waals surface area contributed by atoms with Gasteiger partial charge in [-0.15, -0.1) is 0 Å². The zero-order valence-electron chi connectivity index (χ0n) is 14.5. The molecule has 0 unspecified atom stereocenters. The number of pyridine rings is 1. The van der Waals surface area contributed by atoms with Gasteiger partial charge in [-0.25, -0.2) is 19.9 Å². The first-order chi connectivity index (χ1) is 13.2. The van der Waals surface area contributed by atoms with Gasteiger partial charge >= 0.3 is 0 Å². The molecule has 4 rings (SSSR count). The number of aromatic amines is 1. The van der Waals surface area contributed by atoms with E-state index in [0.717, 1.165) is 11.1 Å². The third-order valence-corrected chi connectivity index (χ3v) is 4.06.